The Morgan fingerprint density at radius 1 is 1.47 bits per heavy atom. The van der Waals surface area contributed by atoms with Gasteiger partial charge in [0.1, 0.15) is 0 Å². The average molecular weight is 208 g/mol. The normalized spacial score (nSPS) is 12.5. The van der Waals surface area contributed by atoms with Crippen LogP contribution in [0.25, 0.3) is 0 Å². The molecule has 0 aliphatic carbocycles. The summed E-state index contributed by atoms with van der Waals surface area (Å²) >= 11 is 0. The van der Waals surface area contributed by atoms with E-state index >= 15 is 0 Å². The van der Waals surface area contributed by atoms with Crippen molar-refractivity contribution in [2.45, 2.75) is 26.3 Å². The maximum absolute atomic E-state index is 5.83. The molecular weight excluding hydrogens is 188 g/mol. The Kier molecular flexibility index (Phi) is 4.43. The molecule has 0 spiro atoms. The van der Waals surface area contributed by atoms with Gasteiger partial charge in [-0.15, -0.1) is 0 Å². The lowest BCUT2D eigenvalue weighted by atomic mass is 10.1. The van der Waals surface area contributed by atoms with E-state index in [0.29, 0.717) is 6.04 Å². The lowest BCUT2D eigenvalue weighted by Gasteiger charge is -2.17. The number of ether oxygens (including phenoxy) is 1. The number of anilines is 2. The summed E-state index contributed by atoms with van der Waals surface area (Å²) < 4.78 is 5.04. The van der Waals surface area contributed by atoms with Crippen molar-refractivity contribution >= 4 is 11.4 Å². The van der Waals surface area contributed by atoms with Gasteiger partial charge in [0, 0.05) is 31.1 Å². The third-order valence-corrected chi connectivity index (χ3v) is 2.53. The highest BCUT2D eigenvalue weighted by molar-refractivity contribution is 5.62. The van der Waals surface area contributed by atoms with Gasteiger partial charge in [0.2, 0.25) is 0 Å². The van der Waals surface area contributed by atoms with Crippen LogP contribution in [0.2, 0.25) is 0 Å². The largest absolute Gasteiger partial charge is 0.398 e. The van der Waals surface area contributed by atoms with Crippen LogP contribution < -0.4 is 11.1 Å². The molecule has 0 amide bonds. The smallest absolute Gasteiger partial charge is 0.0481 e. The van der Waals surface area contributed by atoms with Gasteiger partial charge in [0.15, 0.2) is 0 Å². The lowest BCUT2D eigenvalue weighted by molar-refractivity contribution is 0.191. The van der Waals surface area contributed by atoms with E-state index in [0.717, 1.165) is 30.0 Å². The molecule has 3 heteroatoms. The Balaban J connectivity index is 2.60. The van der Waals surface area contributed by atoms with Crippen molar-refractivity contribution in [1.29, 1.82) is 0 Å². The van der Waals surface area contributed by atoms with Gasteiger partial charge in [-0.3, -0.25) is 0 Å². The minimum absolute atomic E-state index is 0.394. The molecule has 0 radical (unpaired) electrons. The van der Waals surface area contributed by atoms with Crippen LogP contribution in [0.5, 0.6) is 0 Å². The molecule has 1 rings (SSSR count). The van der Waals surface area contributed by atoms with E-state index in [1.165, 1.54) is 0 Å². The zero-order valence-electron chi connectivity index (χ0n) is 9.71. The van der Waals surface area contributed by atoms with E-state index < -0.39 is 0 Å². The fourth-order valence-electron chi connectivity index (χ4n) is 1.44. The van der Waals surface area contributed by atoms with Crippen molar-refractivity contribution in [2.75, 3.05) is 24.8 Å². The number of hydrogen-bond donors (Lipinski definition) is 2. The first kappa shape index (κ1) is 11.9. The minimum atomic E-state index is 0.394. The summed E-state index contributed by atoms with van der Waals surface area (Å²) in [5.74, 6) is 0. The maximum Gasteiger partial charge on any atom is 0.0481 e. The van der Waals surface area contributed by atoms with Crippen molar-refractivity contribution in [3.63, 3.8) is 0 Å². The van der Waals surface area contributed by atoms with E-state index in [1.807, 2.05) is 19.1 Å². The fraction of sp³-hybridized carbons (Fsp3) is 0.500. The van der Waals surface area contributed by atoms with Gasteiger partial charge in [-0.1, -0.05) is 6.07 Å². The molecule has 1 unspecified atom stereocenters. The van der Waals surface area contributed by atoms with Gasteiger partial charge < -0.3 is 15.8 Å². The van der Waals surface area contributed by atoms with Gasteiger partial charge in [-0.2, -0.15) is 0 Å². The molecule has 0 aliphatic heterocycles. The Bertz CT molecular complexity index is 312. The summed E-state index contributed by atoms with van der Waals surface area (Å²) in [6.07, 6.45) is 0.991. The van der Waals surface area contributed by atoms with Crippen LogP contribution in [0.15, 0.2) is 18.2 Å². The first-order valence-corrected chi connectivity index (χ1v) is 5.25. The summed E-state index contributed by atoms with van der Waals surface area (Å²) in [5.41, 5.74) is 8.89. The van der Waals surface area contributed by atoms with Crippen molar-refractivity contribution < 1.29 is 4.74 Å². The summed E-state index contributed by atoms with van der Waals surface area (Å²) in [5, 5.41) is 3.43. The summed E-state index contributed by atoms with van der Waals surface area (Å²) in [4.78, 5) is 0. The van der Waals surface area contributed by atoms with Gasteiger partial charge in [0.05, 0.1) is 0 Å². The molecule has 0 aromatic heterocycles. The number of nitrogen functional groups attached to an aromatic ring is 1. The highest BCUT2D eigenvalue weighted by atomic mass is 16.5. The van der Waals surface area contributed by atoms with Crippen LogP contribution in [0.1, 0.15) is 18.9 Å². The Labute approximate surface area is 91.6 Å². The molecule has 0 aliphatic rings. The monoisotopic (exact) mass is 208 g/mol. The second-order valence-electron chi connectivity index (χ2n) is 3.85. The summed E-state index contributed by atoms with van der Waals surface area (Å²) in [6.45, 7) is 4.94. The molecule has 1 aromatic carbocycles. The van der Waals surface area contributed by atoms with Crippen molar-refractivity contribution in [3.8, 4) is 0 Å². The van der Waals surface area contributed by atoms with Crippen LogP contribution in [-0.4, -0.2) is 19.8 Å². The first-order valence-electron chi connectivity index (χ1n) is 5.25. The molecule has 15 heavy (non-hydrogen) atoms. The predicted molar refractivity (Wildman–Crippen MR) is 65.2 cm³/mol. The van der Waals surface area contributed by atoms with Crippen LogP contribution >= 0.6 is 0 Å². The Morgan fingerprint density at radius 2 is 2.20 bits per heavy atom. The number of rotatable bonds is 5. The number of hydrogen-bond acceptors (Lipinski definition) is 3. The second-order valence-corrected chi connectivity index (χ2v) is 3.85. The highest BCUT2D eigenvalue weighted by Gasteiger charge is 2.05. The zero-order chi connectivity index (χ0) is 11.3. The van der Waals surface area contributed by atoms with E-state index in [4.69, 9.17) is 10.5 Å². The van der Waals surface area contributed by atoms with Gasteiger partial charge in [0.25, 0.3) is 0 Å². The molecule has 3 nitrogen and oxygen atoms in total. The lowest BCUT2D eigenvalue weighted by Crippen LogP contribution is -2.18. The molecule has 1 aromatic rings. The van der Waals surface area contributed by atoms with Crippen LogP contribution in [-0.2, 0) is 4.74 Å². The van der Waals surface area contributed by atoms with Crippen molar-refractivity contribution in [1.82, 2.24) is 0 Å². The first-order chi connectivity index (χ1) is 7.15. The van der Waals surface area contributed by atoms with Crippen LogP contribution in [0, 0.1) is 6.92 Å². The SMILES string of the molecule is COCCC(C)Nc1cccc(N)c1C. The molecule has 0 saturated carbocycles. The molecule has 1 atom stereocenters. The average Bonchev–Trinajstić information content (AvgIpc) is 2.22. The number of benzene rings is 1. The van der Waals surface area contributed by atoms with E-state index in [2.05, 4.69) is 18.3 Å². The van der Waals surface area contributed by atoms with Gasteiger partial charge in [-0.25, -0.2) is 0 Å². The van der Waals surface area contributed by atoms with E-state index in [1.54, 1.807) is 7.11 Å². The number of nitrogens with two attached hydrogens (primary N) is 1. The molecule has 84 valence electrons. The number of nitrogens with one attached hydrogen (secondary N) is 1. The standard InChI is InChI=1S/C12H20N2O/c1-9(7-8-15-3)14-12-6-4-5-11(13)10(12)2/h4-6,9,14H,7-8,13H2,1-3H3. The third-order valence-electron chi connectivity index (χ3n) is 2.53. The minimum Gasteiger partial charge on any atom is -0.398 e. The second kappa shape index (κ2) is 5.61. The molecule has 0 saturated heterocycles. The number of methoxy groups -OCH3 is 1. The van der Waals surface area contributed by atoms with Crippen LogP contribution in [0.4, 0.5) is 11.4 Å². The van der Waals surface area contributed by atoms with Gasteiger partial charge >= 0.3 is 0 Å². The third kappa shape index (κ3) is 3.44. The maximum atomic E-state index is 5.83. The van der Waals surface area contributed by atoms with E-state index in [9.17, 15) is 0 Å². The quantitative estimate of drug-likeness (QED) is 0.730. The summed E-state index contributed by atoms with van der Waals surface area (Å²) in [6, 6.07) is 6.33. The van der Waals surface area contributed by atoms with E-state index in [-0.39, 0.29) is 0 Å². The topological polar surface area (TPSA) is 47.3 Å². The van der Waals surface area contributed by atoms with Gasteiger partial charge in [-0.05, 0) is 38.0 Å². The zero-order valence-corrected chi connectivity index (χ0v) is 9.71. The molecule has 0 bridgehead atoms. The highest BCUT2D eigenvalue weighted by Crippen LogP contribution is 2.21. The summed E-state index contributed by atoms with van der Waals surface area (Å²) in [7, 11) is 1.72. The molecule has 0 heterocycles. The predicted octanol–water partition coefficient (Wildman–Crippen LogP) is 2.41. The van der Waals surface area contributed by atoms with Crippen LogP contribution in [0.3, 0.4) is 0 Å². The Hall–Kier alpha value is -1.22. The Morgan fingerprint density at radius 3 is 2.87 bits per heavy atom. The molecular formula is C12H20N2O. The van der Waals surface area contributed by atoms with Crippen molar-refractivity contribution in [2.24, 2.45) is 0 Å². The molecule has 0 fully saturated rings. The molecule has 3 N–H and O–H groups in total. The fourth-order valence-corrected chi connectivity index (χ4v) is 1.44. The van der Waals surface area contributed by atoms with Crippen molar-refractivity contribution in [3.05, 3.63) is 23.8 Å².